The Morgan fingerprint density at radius 1 is 1.19 bits per heavy atom. The minimum atomic E-state index is -0.306. The summed E-state index contributed by atoms with van der Waals surface area (Å²) in [5.41, 5.74) is 8.49. The number of aromatic nitrogens is 2. The lowest BCUT2D eigenvalue weighted by molar-refractivity contribution is 0.180. The highest BCUT2D eigenvalue weighted by Crippen LogP contribution is 2.28. The molecule has 2 aromatic carbocycles. The Balaban J connectivity index is 0.00000210. The van der Waals surface area contributed by atoms with Gasteiger partial charge >= 0.3 is 0 Å². The maximum absolute atomic E-state index is 13.4. The molecule has 7 heteroatoms. The molecule has 1 saturated heterocycles. The van der Waals surface area contributed by atoms with Gasteiger partial charge in [-0.25, -0.2) is 4.39 Å². The zero-order valence-corrected chi connectivity index (χ0v) is 15.7. The van der Waals surface area contributed by atoms with Crippen LogP contribution in [0.5, 0.6) is 0 Å². The first-order valence-electron chi connectivity index (χ1n) is 8.84. The number of piperidine rings is 1. The van der Waals surface area contributed by atoms with Crippen molar-refractivity contribution in [3.63, 3.8) is 0 Å². The Labute approximate surface area is 163 Å². The van der Waals surface area contributed by atoms with Crippen LogP contribution in [-0.4, -0.2) is 28.1 Å². The fourth-order valence-electron chi connectivity index (χ4n) is 3.50. The van der Waals surface area contributed by atoms with E-state index >= 15 is 0 Å². The van der Waals surface area contributed by atoms with E-state index in [0.717, 1.165) is 38.2 Å². The lowest BCUT2D eigenvalue weighted by Gasteiger charge is -2.31. The van der Waals surface area contributed by atoms with Crippen molar-refractivity contribution in [1.29, 1.82) is 0 Å². The molecule has 1 aromatic heterocycles. The SMILES string of the molecule is Cl.Nc1cccc(CN2CCCC(c3nc(-c4cccc(F)c4)no3)C2)c1. The average Bonchev–Trinajstić information content (AvgIpc) is 3.12. The maximum Gasteiger partial charge on any atom is 0.231 e. The van der Waals surface area contributed by atoms with E-state index in [1.807, 2.05) is 18.2 Å². The van der Waals surface area contributed by atoms with Gasteiger partial charge in [0.2, 0.25) is 11.7 Å². The van der Waals surface area contributed by atoms with Crippen LogP contribution in [0.3, 0.4) is 0 Å². The molecular formula is C20H22ClFN4O. The van der Waals surface area contributed by atoms with Crippen molar-refractivity contribution >= 4 is 18.1 Å². The van der Waals surface area contributed by atoms with Crippen molar-refractivity contribution in [2.75, 3.05) is 18.8 Å². The van der Waals surface area contributed by atoms with Gasteiger partial charge in [-0.05, 0) is 49.2 Å². The van der Waals surface area contributed by atoms with Crippen LogP contribution in [0, 0.1) is 5.82 Å². The van der Waals surface area contributed by atoms with Crippen LogP contribution < -0.4 is 5.73 Å². The summed E-state index contributed by atoms with van der Waals surface area (Å²) in [6.45, 7) is 2.75. The molecule has 142 valence electrons. The molecule has 4 rings (SSSR count). The summed E-state index contributed by atoms with van der Waals surface area (Å²) in [6.07, 6.45) is 2.09. The molecule has 0 spiro atoms. The van der Waals surface area contributed by atoms with E-state index in [-0.39, 0.29) is 24.1 Å². The second kappa shape index (κ2) is 8.50. The van der Waals surface area contributed by atoms with Gasteiger partial charge in [0.25, 0.3) is 0 Å². The second-order valence-corrected chi connectivity index (χ2v) is 6.79. The number of rotatable bonds is 4. The van der Waals surface area contributed by atoms with E-state index in [1.165, 1.54) is 17.7 Å². The summed E-state index contributed by atoms with van der Waals surface area (Å²) in [7, 11) is 0. The summed E-state index contributed by atoms with van der Waals surface area (Å²) in [4.78, 5) is 6.89. The molecule has 27 heavy (non-hydrogen) atoms. The molecule has 0 aliphatic carbocycles. The van der Waals surface area contributed by atoms with Crippen molar-refractivity contribution in [2.45, 2.75) is 25.3 Å². The highest BCUT2D eigenvalue weighted by atomic mass is 35.5. The molecule has 2 heterocycles. The third kappa shape index (κ3) is 4.64. The Bertz CT molecular complexity index is 901. The van der Waals surface area contributed by atoms with Gasteiger partial charge in [-0.1, -0.05) is 29.4 Å². The minimum Gasteiger partial charge on any atom is -0.399 e. The molecule has 1 fully saturated rings. The van der Waals surface area contributed by atoms with Gasteiger partial charge in [0, 0.05) is 24.3 Å². The number of anilines is 1. The molecule has 1 atom stereocenters. The molecule has 1 unspecified atom stereocenters. The normalized spacial score (nSPS) is 17.4. The number of hydrogen-bond donors (Lipinski definition) is 1. The first-order valence-corrected chi connectivity index (χ1v) is 8.84. The van der Waals surface area contributed by atoms with Gasteiger partial charge in [0.05, 0.1) is 5.92 Å². The van der Waals surface area contributed by atoms with Crippen molar-refractivity contribution in [3.05, 3.63) is 65.8 Å². The molecule has 0 saturated carbocycles. The third-order valence-corrected chi connectivity index (χ3v) is 4.74. The van der Waals surface area contributed by atoms with Crippen molar-refractivity contribution in [3.8, 4) is 11.4 Å². The van der Waals surface area contributed by atoms with Gasteiger partial charge in [0.1, 0.15) is 5.82 Å². The second-order valence-electron chi connectivity index (χ2n) is 6.79. The smallest absolute Gasteiger partial charge is 0.231 e. The molecule has 0 amide bonds. The predicted molar refractivity (Wildman–Crippen MR) is 105 cm³/mol. The zero-order valence-electron chi connectivity index (χ0n) is 14.8. The maximum atomic E-state index is 13.4. The average molecular weight is 389 g/mol. The van der Waals surface area contributed by atoms with Crippen molar-refractivity contribution < 1.29 is 8.91 Å². The highest BCUT2D eigenvalue weighted by Gasteiger charge is 2.26. The molecule has 0 radical (unpaired) electrons. The fraction of sp³-hybridized carbons (Fsp3) is 0.300. The predicted octanol–water partition coefficient (Wildman–Crippen LogP) is 4.26. The van der Waals surface area contributed by atoms with Crippen LogP contribution in [-0.2, 0) is 6.54 Å². The number of benzene rings is 2. The number of nitrogen functional groups attached to an aromatic ring is 1. The molecule has 1 aliphatic heterocycles. The Hall–Kier alpha value is -2.44. The Kier molecular flexibility index (Phi) is 6.08. The summed E-state index contributed by atoms with van der Waals surface area (Å²) in [5.74, 6) is 0.952. The van der Waals surface area contributed by atoms with Crippen LogP contribution in [0.25, 0.3) is 11.4 Å². The monoisotopic (exact) mass is 388 g/mol. The minimum absolute atomic E-state index is 0. The molecule has 3 aromatic rings. The standard InChI is InChI=1S/C20H21FN4O.ClH/c21-17-7-2-5-15(11-17)19-23-20(26-24-19)16-6-3-9-25(13-16)12-14-4-1-8-18(22)10-14;/h1-2,4-5,7-8,10-11,16H,3,6,9,12-13,22H2;1H. The number of nitrogens with two attached hydrogens (primary N) is 1. The van der Waals surface area contributed by atoms with Crippen LogP contribution >= 0.6 is 12.4 Å². The third-order valence-electron chi connectivity index (χ3n) is 4.74. The largest absolute Gasteiger partial charge is 0.399 e. The van der Waals surface area contributed by atoms with E-state index in [0.29, 0.717) is 17.3 Å². The van der Waals surface area contributed by atoms with Crippen LogP contribution in [0.15, 0.2) is 53.1 Å². The fourth-order valence-corrected chi connectivity index (χ4v) is 3.50. The van der Waals surface area contributed by atoms with Gasteiger partial charge in [-0.3, -0.25) is 4.90 Å². The number of hydrogen-bond acceptors (Lipinski definition) is 5. The summed E-state index contributed by atoms with van der Waals surface area (Å²) < 4.78 is 18.9. The molecule has 5 nitrogen and oxygen atoms in total. The van der Waals surface area contributed by atoms with Crippen LogP contribution in [0.4, 0.5) is 10.1 Å². The van der Waals surface area contributed by atoms with Crippen LogP contribution in [0.2, 0.25) is 0 Å². The zero-order chi connectivity index (χ0) is 17.9. The summed E-state index contributed by atoms with van der Waals surface area (Å²) >= 11 is 0. The van der Waals surface area contributed by atoms with E-state index in [9.17, 15) is 4.39 Å². The first-order chi connectivity index (χ1) is 12.7. The van der Waals surface area contributed by atoms with E-state index in [4.69, 9.17) is 10.3 Å². The summed E-state index contributed by atoms with van der Waals surface area (Å²) in [6, 6.07) is 14.2. The Morgan fingerprint density at radius 2 is 2.04 bits per heavy atom. The quantitative estimate of drug-likeness (QED) is 0.676. The molecule has 1 aliphatic rings. The topological polar surface area (TPSA) is 68.2 Å². The van der Waals surface area contributed by atoms with Gasteiger partial charge < -0.3 is 10.3 Å². The van der Waals surface area contributed by atoms with Gasteiger partial charge in [-0.2, -0.15) is 4.98 Å². The number of nitrogens with zero attached hydrogens (tertiary/aromatic N) is 3. The lowest BCUT2D eigenvalue weighted by atomic mass is 9.97. The highest BCUT2D eigenvalue weighted by molar-refractivity contribution is 5.85. The first kappa shape index (κ1) is 19.3. The number of likely N-dealkylation sites (tertiary alicyclic amines) is 1. The Morgan fingerprint density at radius 3 is 2.85 bits per heavy atom. The van der Waals surface area contributed by atoms with E-state index < -0.39 is 0 Å². The molecule has 0 bridgehead atoms. The van der Waals surface area contributed by atoms with Gasteiger partial charge in [-0.15, -0.1) is 12.4 Å². The van der Waals surface area contributed by atoms with Crippen LogP contribution in [0.1, 0.15) is 30.2 Å². The van der Waals surface area contributed by atoms with E-state index in [1.54, 1.807) is 12.1 Å². The molecule has 2 N–H and O–H groups in total. The lowest BCUT2D eigenvalue weighted by Crippen LogP contribution is -2.34. The number of halogens is 2. The van der Waals surface area contributed by atoms with E-state index in [2.05, 4.69) is 21.1 Å². The molecular weight excluding hydrogens is 367 g/mol. The van der Waals surface area contributed by atoms with Crippen molar-refractivity contribution in [2.24, 2.45) is 0 Å². The van der Waals surface area contributed by atoms with Crippen molar-refractivity contribution in [1.82, 2.24) is 15.0 Å². The summed E-state index contributed by atoms with van der Waals surface area (Å²) in [5, 5.41) is 4.04. The van der Waals surface area contributed by atoms with Gasteiger partial charge in [0.15, 0.2) is 0 Å².